The molecule has 1 fully saturated rings. The fraction of sp³-hybridized carbons (Fsp3) is 0.500. The standard InChI is InChI=1S/C14H20N2O/c1-10-5-3-4-6-13(10)11(2)15-9-12-7-8-14(17)16-12/h3-6,11-12,15H,7-9H2,1-2H3,(H,16,17)/t11-,12?/m1/s1. The van der Waals surface area contributed by atoms with Crippen LogP contribution in [0.5, 0.6) is 0 Å². The van der Waals surface area contributed by atoms with Gasteiger partial charge in [0.15, 0.2) is 0 Å². The van der Waals surface area contributed by atoms with Crippen LogP contribution in [0, 0.1) is 6.92 Å². The van der Waals surface area contributed by atoms with Crippen LogP contribution in [-0.2, 0) is 4.79 Å². The molecule has 1 heterocycles. The zero-order valence-corrected chi connectivity index (χ0v) is 10.5. The second-order valence-corrected chi connectivity index (χ2v) is 4.79. The van der Waals surface area contributed by atoms with E-state index in [0.717, 1.165) is 13.0 Å². The van der Waals surface area contributed by atoms with E-state index < -0.39 is 0 Å². The van der Waals surface area contributed by atoms with Gasteiger partial charge in [0.1, 0.15) is 0 Å². The molecule has 3 heteroatoms. The third kappa shape index (κ3) is 3.07. The SMILES string of the molecule is Cc1ccccc1[C@@H](C)NCC1CCC(=O)N1. The maximum Gasteiger partial charge on any atom is 0.220 e. The Labute approximate surface area is 103 Å². The van der Waals surface area contributed by atoms with E-state index in [-0.39, 0.29) is 5.91 Å². The molecule has 1 aromatic carbocycles. The molecule has 0 bridgehead atoms. The molecule has 1 aromatic rings. The monoisotopic (exact) mass is 232 g/mol. The van der Waals surface area contributed by atoms with Gasteiger partial charge in [-0.05, 0) is 31.4 Å². The van der Waals surface area contributed by atoms with Crippen molar-refractivity contribution in [1.29, 1.82) is 0 Å². The van der Waals surface area contributed by atoms with Crippen LogP contribution in [0.1, 0.15) is 36.9 Å². The summed E-state index contributed by atoms with van der Waals surface area (Å²) in [6.45, 7) is 5.14. The van der Waals surface area contributed by atoms with E-state index in [1.807, 2.05) is 0 Å². The van der Waals surface area contributed by atoms with E-state index in [9.17, 15) is 4.79 Å². The maximum absolute atomic E-state index is 11.1. The minimum atomic E-state index is 0.181. The van der Waals surface area contributed by atoms with E-state index in [1.165, 1.54) is 11.1 Å². The molecular weight excluding hydrogens is 212 g/mol. The van der Waals surface area contributed by atoms with Crippen LogP contribution in [0.4, 0.5) is 0 Å². The van der Waals surface area contributed by atoms with Crippen molar-refractivity contribution in [3.8, 4) is 0 Å². The number of carbonyl (C=O) groups is 1. The second kappa shape index (κ2) is 5.32. The van der Waals surface area contributed by atoms with Gasteiger partial charge in [0.25, 0.3) is 0 Å². The lowest BCUT2D eigenvalue weighted by atomic mass is 10.0. The van der Waals surface area contributed by atoms with Crippen molar-refractivity contribution in [3.05, 3.63) is 35.4 Å². The minimum Gasteiger partial charge on any atom is -0.352 e. The van der Waals surface area contributed by atoms with E-state index >= 15 is 0 Å². The van der Waals surface area contributed by atoms with Crippen molar-refractivity contribution in [2.75, 3.05) is 6.54 Å². The largest absolute Gasteiger partial charge is 0.352 e. The molecule has 1 aliphatic rings. The predicted octanol–water partition coefficient (Wildman–Crippen LogP) is 1.92. The van der Waals surface area contributed by atoms with Crippen LogP contribution in [0.25, 0.3) is 0 Å². The highest BCUT2D eigenvalue weighted by molar-refractivity contribution is 5.78. The van der Waals surface area contributed by atoms with Crippen molar-refractivity contribution >= 4 is 5.91 Å². The molecule has 17 heavy (non-hydrogen) atoms. The summed E-state index contributed by atoms with van der Waals surface area (Å²) in [4.78, 5) is 11.1. The fourth-order valence-electron chi connectivity index (χ4n) is 2.33. The van der Waals surface area contributed by atoms with Gasteiger partial charge in [0.05, 0.1) is 0 Å². The molecule has 1 unspecified atom stereocenters. The average molecular weight is 232 g/mol. The van der Waals surface area contributed by atoms with Gasteiger partial charge in [-0.15, -0.1) is 0 Å². The van der Waals surface area contributed by atoms with Gasteiger partial charge < -0.3 is 10.6 Å². The van der Waals surface area contributed by atoms with Crippen molar-refractivity contribution in [2.45, 2.75) is 38.8 Å². The van der Waals surface area contributed by atoms with Crippen LogP contribution in [0.15, 0.2) is 24.3 Å². The minimum absolute atomic E-state index is 0.181. The summed E-state index contributed by atoms with van der Waals surface area (Å²) < 4.78 is 0. The lowest BCUT2D eigenvalue weighted by Gasteiger charge is -2.19. The van der Waals surface area contributed by atoms with Crippen LogP contribution < -0.4 is 10.6 Å². The summed E-state index contributed by atoms with van der Waals surface area (Å²) in [5.41, 5.74) is 2.64. The molecule has 92 valence electrons. The summed E-state index contributed by atoms with van der Waals surface area (Å²) in [7, 11) is 0. The molecular formula is C14H20N2O. The van der Waals surface area contributed by atoms with E-state index in [0.29, 0.717) is 18.5 Å². The zero-order valence-electron chi connectivity index (χ0n) is 10.5. The number of hydrogen-bond donors (Lipinski definition) is 2. The van der Waals surface area contributed by atoms with Gasteiger partial charge in [0.2, 0.25) is 5.91 Å². The Morgan fingerprint density at radius 3 is 2.88 bits per heavy atom. The zero-order chi connectivity index (χ0) is 12.3. The fourth-order valence-corrected chi connectivity index (χ4v) is 2.33. The molecule has 1 aliphatic heterocycles. The number of nitrogens with one attached hydrogen (secondary N) is 2. The lowest BCUT2D eigenvalue weighted by molar-refractivity contribution is -0.119. The average Bonchev–Trinajstić information content (AvgIpc) is 2.73. The summed E-state index contributed by atoms with van der Waals surface area (Å²) in [5, 5.41) is 6.46. The van der Waals surface area contributed by atoms with Crippen molar-refractivity contribution in [1.82, 2.24) is 10.6 Å². The molecule has 0 aliphatic carbocycles. The van der Waals surface area contributed by atoms with Crippen molar-refractivity contribution in [3.63, 3.8) is 0 Å². The van der Waals surface area contributed by atoms with Gasteiger partial charge in [-0.25, -0.2) is 0 Å². The van der Waals surface area contributed by atoms with Gasteiger partial charge in [-0.2, -0.15) is 0 Å². The highest BCUT2D eigenvalue weighted by atomic mass is 16.1. The second-order valence-electron chi connectivity index (χ2n) is 4.79. The number of carbonyl (C=O) groups excluding carboxylic acids is 1. The summed E-state index contributed by atoms with van der Waals surface area (Å²) in [5.74, 6) is 0.181. The molecule has 0 saturated carbocycles. The Morgan fingerprint density at radius 2 is 2.24 bits per heavy atom. The smallest absolute Gasteiger partial charge is 0.220 e. The predicted molar refractivity (Wildman–Crippen MR) is 68.8 cm³/mol. The number of aryl methyl sites for hydroxylation is 1. The van der Waals surface area contributed by atoms with Gasteiger partial charge in [-0.1, -0.05) is 24.3 Å². The molecule has 0 aromatic heterocycles. The summed E-state index contributed by atoms with van der Waals surface area (Å²) in [6.07, 6.45) is 1.62. The van der Waals surface area contributed by atoms with Gasteiger partial charge in [0, 0.05) is 25.0 Å². The topological polar surface area (TPSA) is 41.1 Å². The normalized spacial score (nSPS) is 21.3. The van der Waals surface area contributed by atoms with Crippen LogP contribution in [0.2, 0.25) is 0 Å². The number of hydrogen-bond acceptors (Lipinski definition) is 2. The molecule has 2 N–H and O–H groups in total. The Hall–Kier alpha value is -1.35. The number of rotatable bonds is 4. The Bertz CT molecular complexity index is 403. The molecule has 3 nitrogen and oxygen atoms in total. The molecule has 1 saturated heterocycles. The van der Waals surface area contributed by atoms with Gasteiger partial charge >= 0.3 is 0 Å². The Balaban J connectivity index is 1.87. The number of benzene rings is 1. The Morgan fingerprint density at radius 1 is 1.47 bits per heavy atom. The van der Waals surface area contributed by atoms with E-state index in [2.05, 4.69) is 48.7 Å². The maximum atomic E-state index is 11.1. The van der Waals surface area contributed by atoms with Crippen molar-refractivity contribution in [2.24, 2.45) is 0 Å². The first kappa shape index (κ1) is 12.1. The van der Waals surface area contributed by atoms with E-state index in [4.69, 9.17) is 0 Å². The third-order valence-corrected chi connectivity index (χ3v) is 3.41. The highest BCUT2D eigenvalue weighted by Crippen LogP contribution is 2.17. The first-order valence-corrected chi connectivity index (χ1v) is 6.25. The first-order chi connectivity index (χ1) is 8.16. The van der Waals surface area contributed by atoms with Crippen molar-refractivity contribution < 1.29 is 4.79 Å². The van der Waals surface area contributed by atoms with Crippen LogP contribution >= 0.6 is 0 Å². The quantitative estimate of drug-likeness (QED) is 0.832. The van der Waals surface area contributed by atoms with Gasteiger partial charge in [-0.3, -0.25) is 4.79 Å². The first-order valence-electron chi connectivity index (χ1n) is 6.25. The summed E-state index contributed by atoms with van der Waals surface area (Å²) in [6, 6.07) is 9.04. The molecule has 2 atom stereocenters. The molecule has 1 amide bonds. The number of amides is 1. The highest BCUT2D eigenvalue weighted by Gasteiger charge is 2.20. The molecule has 0 radical (unpaired) electrons. The summed E-state index contributed by atoms with van der Waals surface area (Å²) >= 11 is 0. The lowest BCUT2D eigenvalue weighted by Crippen LogP contribution is -2.36. The third-order valence-electron chi connectivity index (χ3n) is 3.41. The van der Waals surface area contributed by atoms with Crippen LogP contribution in [-0.4, -0.2) is 18.5 Å². The van der Waals surface area contributed by atoms with Crippen LogP contribution in [0.3, 0.4) is 0 Å². The van der Waals surface area contributed by atoms with E-state index in [1.54, 1.807) is 0 Å². The molecule has 2 rings (SSSR count). The molecule has 0 spiro atoms. The Kier molecular flexibility index (Phi) is 3.79.